The lowest BCUT2D eigenvalue weighted by atomic mass is 10.1. The number of thiophene rings is 1. The SMILES string of the molecule is FC(F)(F)c1ccc(CON=Cc2cccs2)cc1. The standard InChI is InChI=1S/C13H10F3NOS/c14-13(15,16)11-5-3-10(4-6-11)9-18-17-8-12-2-1-7-19-12/h1-8H,9H2. The first-order valence-corrected chi connectivity index (χ1v) is 6.28. The van der Waals surface area contributed by atoms with Gasteiger partial charge in [-0.2, -0.15) is 13.2 Å². The van der Waals surface area contributed by atoms with E-state index in [2.05, 4.69) is 5.16 Å². The number of alkyl halides is 3. The van der Waals surface area contributed by atoms with Crippen molar-refractivity contribution in [1.29, 1.82) is 0 Å². The molecular formula is C13H10F3NOS. The van der Waals surface area contributed by atoms with Crippen LogP contribution in [0.25, 0.3) is 0 Å². The number of halogens is 3. The molecule has 0 N–H and O–H groups in total. The summed E-state index contributed by atoms with van der Waals surface area (Å²) >= 11 is 1.52. The van der Waals surface area contributed by atoms with Crippen molar-refractivity contribution >= 4 is 17.6 Å². The molecular weight excluding hydrogens is 275 g/mol. The third kappa shape index (κ3) is 4.10. The van der Waals surface area contributed by atoms with E-state index in [1.165, 1.54) is 23.5 Å². The van der Waals surface area contributed by atoms with Gasteiger partial charge in [0, 0.05) is 4.88 Å². The van der Waals surface area contributed by atoms with Gasteiger partial charge in [0.15, 0.2) is 0 Å². The Morgan fingerprint density at radius 3 is 2.47 bits per heavy atom. The van der Waals surface area contributed by atoms with E-state index in [4.69, 9.17) is 4.84 Å². The molecule has 2 aromatic rings. The molecule has 6 heteroatoms. The van der Waals surface area contributed by atoms with E-state index < -0.39 is 11.7 Å². The van der Waals surface area contributed by atoms with Crippen LogP contribution in [-0.2, 0) is 17.6 Å². The highest BCUT2D eigenvalue weighted by molar-refractivity contribution is 7.11. The number of oxime groups is 1. The van der Waals surface area contributed by atoms with Gasteiger partial charge >= 0.3 is 6.18 Å². The summed E-state index contributed by atoms with van der Waals surface area (Å²) in [6.45, 7) is 0.139. The molecule has 0 saturated heterocycles. The summed E-state index contributed by atoms with van der Waals surface area (Å²) < 4.78 is 37.0. The summed E-state index contributed by atoms with van der Waals surface area (Å²) in [6.07, 6.45) is -2.74. The van der Waals surface area contributed by atoms with Crippen molar-refractivity contribution in [3.63, 3.8) is 0 Å². The molecule has 0 atom stereocenters. The lowest BCUT2D eigenvalue weighted by Crippen LogP contribution is -2.04. The van der Waals surface area contributed by atoms with Crippen LogP contribution in [0.3, 0.4) is 0 Å². The smallest absolute Gasteiger partial charge is 0.391 e. The van der Waals surface area contributed by atoms with Crippen LogP contribution in [0.15, 0.2) is 46.9 Å². The first kappa shape index (κ1) is 13.6. The lowest BCUT2D eigenvalue weighted by Gasteiger charge is -2.06. The molecule has 0 aliphatic carbocycles. The number of hydrogen-bond acceptors (Lipinski definition) is 3. The summed E-state index contributed by atoms with van der Waals surface area (Å²) in [6, 6.07) is 8.59. The van der Waals surface area contributed by atoms with Crippen LogP contribution in [-0.4, -0.2) is 6.21 Å². The lowest BCUT2D eigenvalue weighted by molar-refractivity contribution is -0.137. The van der Waals surface area contributed by atoms with Gasteiger partial charge in [-0.1, -0.05) is 23.4 Å². The molecule has 0 amide bonds. The van der Waals surface area contributed by atoms with E-state index >= 15 is 0 Å². The summed E-state index contributed by atoms with van der Waals surface area (Å²) in [7, 11) is 0. The molecule has 0 radical (unpaired) electrons. The molecule has 0 unspecified atom stereocenters. The Balaban J connectivity index is 1.87. The molecule has 1 aromatic carbocycles. The first-order chi connectivity index (χ1) is 9.05. The van der Waals surface area contributed by atoms with E-state index in [0.717, 1.165) is 17.0 Å². The Morgan fingerprint density at radius 1 is 1.16 bits per heavy atom. The Hall–Kier alpha value is -1.82. The summed E-state index contributed by atoms with van der Waals surface area (Å²) in [5.41, 5.74) is -0.0327. The highest BCUT2D eigenvalue weighted by atomic mass is 32.1. The van der Waals surface area contributed by atoms with Crippen molar-refractivity contribution in [2.75, 3.05) is 0 Å². The third-order valence-electron chi connectivity index (χ3n) is 2.31. The van der Waals surface area contributed by atoms with E-state index in [1.807, 2.05) is 17.5 Å². The maximum absolute atomic E-state index is 12.3. The number of nitrogens with zero attached hydrogens (tertiary/aromatic N) is 1. The highest BCUT2D eigenvalue weighted by Gasteiger charge is 2.29. The Kier molecular flexibility index (Phi) is 4.21. The summed E-state index contributed by atoms with van der Waals surface area (Å²) in [5.74, 6) is 0. The minimum atomic E-state index is -4.31. The van der Waals surface area contributed by atoms with Crippen molar-refractivity contribution in [2.24, 2.45) is 5.16 Å². The molecule has 0 bridgehead atoms. The normalized spacial score (nSPS) is 11.9. The molecule has 0 saturated carbocycles. The maximum atomic E-state index is 12.3. The molecule has 0 aliphatic rings. The van der Waals surface area contributed by atoms with Crippen LogP contribution in [0.4, 0.5) is 13.2 Å². The highest BCUT2D eigenvalue weighted by Crippen LogP contribution is 2.29. The summed E-state index contributed by atoms with van der Waals surface area (Å²) in [4.78, 5) is 5.96. The van der Waals surface area contributed by atoms with Gasteiger partial charge in [-0.05, 0) is 29.1 Å². The number of hydrogen-bond donors (Lipinski definition) is 0. The van der Waals surface area contributed by atoms with Crippen LogP contribution in [0, 0.1) is 0 Å². The molecule has 0 fully saturated rings. The van der Waals surface area contributed by atoms with E-state index in [-0.39, 0.29) is 6.61 Å². The Morgan fingerprint density at radius 2 is 1.89 bits per heavy atom. The van der Waals surface area contributed by atoms with Gasteiger partial charge in [0.05, 0.1) is 11.8 Å². The van der Waals surface area contributed by atoms with Crippen LogP contribution in [0.5, 0.6) is 0 Å². The Labute approximate surface area is 112 Å². The van der Waals surface area contributed by atoms with Gasteiger partial charge < -0.3 is 4.84 Å². The fraction of sp³-hybridized carbons (Fsp3) is 0.154. The topological polar surface area (TPSA) is 21.6 Å². The number of rotatable bonds is 4. The molecule has 2 nitrogen and oxygen atoms in total. The van der Waals surface area contributed by atoms with E-state index in [1.54, 1.807) is 6.21 Å². The van der Waals surface area contributed by atoms with Crippen molar-refractivity contribution < 1.29 is 18.0 Å². The van der Waals surface area contributed by atoms with Crippen LogP contribution in [0.2, 0.25) is 0 Å². The van der Waals surface area contributed by atoms with E-state index in [0.29, 0.717) is 5.56 Å². The molecule has 1 heterocycles. The van der Waals surface area contributed by atoms with Gasteiger partial charge in [0.25, 0.3) is 0 Å². The predicted octanol–water partition coefficient (Wildman–Crippen LogP) is 4.32. The molecule has 2 rings (SSSR count). The monoisotopic (exact) mass is 285 g/mol. The Bertz CT molecular complexity index is 532. The minimum absolute atomic E-state index is 0.139. The molecule has 0 aliphatic heterocycles. The van der Waals surface area contributed by atoms with E-state index in [9.17, 15) is 13.2 Å². The maximum Gasteiger partial charge on any atom is 0.416 e. The second kappa shape index (κ2) is 5.88. The van der Waals surface area contributed by atoms with Crippen molar-refractivity contribution in [1.82, 2.24) is 0 Å². The van der Waals surface area contributed by atoms with Crippen LogP contribution < -0.4 is 0 Å². The van der Waals surface area contributed by atoms with Gasteiger partial charge in [0.2, 0.25) is 0 Å². The van der Waals surface area contributed by atoms with Gasteiger partial charge in [-0.3, -0.25) is 0 Å². The molecule has 1 aromatic heterocycles. The van der Waals surface area contributed by atoms with Gasteiger partial charge in [0.1, 0.15) is 6.61 Å². The van der Waals surface area contributed by atoms with Crippen LogP contribution in [0.1, 0.15) is 16.0 Å². The third-order valence-corrected chi connectivity index (χ3v) is 3.12. The zero-order valence-electron chi connectivity index (χ0n) is 9.72. The fourth-order valence-electron chi connectivity index (χ4n) is 1.36. The second-order valence-electron chi connectivity index (χ2n) is 3.72. The summed E-state index contributed by atoms with van der Waals surface area (Å²) in [5, 5.41) is 5.66. The van der Waals surface area contributed by atoms with Gasteiger partial charge in [-0.25, -0.2) is 0 Å². The average molecular weight is 285 g/mol. The second-order valence-corrected chi connectivity index (χ2v) is 4.70. The number of benzene rings is 1. The minimum Gasteiger partial charge on any atom is -0.391 e. The van der Waals surface area contributed by atoms with Crippen molar-refractivity contribution in [3.8, 4) is 0 Å². The zero-order chi connectivity index (χ0) is 13.7. The largest absolute Gasteiger partial charge is 0.416 e. The quantitative estimate of drug-likeness (QED) is 0.605. The average Bonchev–Trinajstić information content (AvgIpc) is 2.87. The molecule has 19 heavy (non-hydrogen) atoms. The fourth-order valence-corrected chi connectivity index (χ4v) is 1.93. The zero-order valence-corrected chi connectivity index (χ0v) is 10.5. The van der Waals surface area contributed by atoms with Gasteiger partial charge in [-0.15, -0.1) is 11.3 Å². The van der Waals surface area contributed by atoms with Crippen molar-refractivity contribution in [2.45, 2.75) is 12.8 Å². The predicted molar refractivity (Wildman–Crippen MR) is 68.1 cm³/mol. The first-order valence-electron chi connectivity index (χ1n) is 5.41. The molecule has 100 valence electrons. The van der Waals surface area contributed by atoms with Crippen LogP contribution >= 0.6 is 11.3 Å². The molecule has 0 spiro atoms. The van der Waals surface area contributed by atoms with Crippen molar-refractivity contribution in [3.05, 3.63) is 57.8 Å².